The molecule has 0 atom stereocenters. The second-order valence-electron chi connectivity index (χ2n) is 5.31. The summed E-state index contributed by atoms with van der Waals surface area (Å²) in [4.78, 5) is 2.62. The summed E-state index contributed by atoms with van der Waals surface area (Å²) in [5.41, 5.74) is 2.00. The Morgan fingerprint density at radius 3 is 2.35 bits per heavy atom. The van der Waals surface area contributed by atoms with Gasteiger partial charge >= 0.3 is 0 Å². The number of hydrogen-bond donors (Lipinski definition) is 1. The third-order valence-electron chi connectivity index (χ3n) is 4.05. The van der Waals surface area contributed by atoms with Crippen molar-refractivity contribution < 1.29 is 0 Å². The summed E-state index contributed by atoms with van der Waals surface area (Å²) in [5, 5.41) is 3.42. The fourth-order valence-corrected chi connectivity index (χ4v) is 3.05. The fourth-order valence-electron chi connectivity index (χ4n) is 2.79. The molecule has 1 aliphatic carbocycles. The maximum Gasteiger partial charge on any atom is 0.0175 e. The summed E-state index contributed by atoms with van der Waals surface area (Å²) in [6, 6.07) is 8.93. The minimum Gasteiger partial charge on any atom is -0.314 e. The van der Waals surface area contributed by atoms with Gasteiger partial charge < -0.3 is 5.32 Å². The number of nitrogens with one attached hydrogen (secondary N) is 1. The molecule has 17 heavy (non-hydrogen) atoms. The van der Waals surface area contributed by atoms with Crippen molar-refractivity contribution in [3.05, 3.63) is 34.3 Å². The van der Waals surface area contributed by atoms with E-state index in [9.17, 15) is 0 Å². The van der Waals surface area contributed by atoms with Crippen LogP contribution >= 0.6 is 15.9 Å². The average Bonchev–Trinajstić information content (AvgIpc) is 3.12. The molecule has 3 heteroatoms. The first kappa shape index (κ1) is 11.7. The van der Waals surface area contributed by atoms with Gasteiger partial charge in [-0.15, -0.1) is 0 Å². The molecule has 0 unspecified atom stereocenters. The lowest BCUT2D eigenvalue weighted by Crippen LogP contribution is -2.46. The third-order valence-corrected chi connectivity index (χ3v) is 4.57. The molecular formula is C14H19BrN2. The first-order chi connectivity index (χ1) is 8.28. The molecule has 1 saturated carbocycles. The summed E-state index contributed by atoms with van der Waals surface area (Å²) in [6.45, 7) is 5.96. The molecule has 2 fully saturated rings. The predicted octanol–water partition coefficient (Wildman–Crippen LogP) is 2.39. The van der Waals surface area contributed by atoms with Crippen molar-refractivity contribution in [1.29, 1.82) is 0 Å². The minimum absolute atomic E-state index is 0.470. The Bertz CT molecular complexity index is 378. The van der Waals surface area contributed by atoms with Gasteiger partial charge in [-0.05, 0) is 30.5 Å². The van der Waals surface area contributed by atoms with Gasteiger partial charge in [0.25, 0.3) is 0 Å². The van der Waals surface area contributed by atoms with Crippen LogP contribution in [-0.2, 0) is 5.41 Å². The Labute approximate surface area is 112 Å². The lowest BCUT2D eigenvalue weighted by molar-refractivity contribution is 0.221. The molecule has 1 aromatic rings. The van der Waals surface area contributed by atoms with E-state index < -0.39 is 0 Å². The summed E-state index contributed by atoms with van der Waals surface area (Å²) < 4.78 is 1.18. The average molecular weight is 295 g/mol. The number of hydrogen-bond acceptors (Lipinski definition) is 2. The van der Waals surface area contributed by atoms with E-state index in [1.54, 1.807) is 0 Å². The fraction of sp³-hybridized carbons (Fsp3) is 0.571. The molecule has 0 radical (unpaired) electrons. The molecule has 2 aliphatic rings. The molecule has 2 nitrogen and oxygen atoms in total. The zero-order valence-electron chi connectivity index (χ0n) is 10.1. The highest BCUT2D eigenvalue weighted by atomic mass is 79.9. The van der Waals surface area contributed by atoms with Crippen LogP contribution in [0.2, 0.25) is 0 Å². The first-order valence-electron chi connectivity index (χ1n) is 6.48. The van der Waals surface area contributed by atoms with Gasteiger partial charge in [0.05, 0.1) is 0 Å². The molecule has 1 N–H and O–H groups in total. The monoisotopic (exact) mass is 294 g/mol. The largest absolute Gasteiger partial charge is 0.314 e. The molecule has 1 aromatic carbocycles. The van der Waals surface area contributed by atoms with Crippen molar-refractivity contribution in [2.75, 3.05) is 32.7 Å². The van der Waals surface area contributed by atoms with Crippen LogP contribution in [0.3, 0.4) is 0 Å². The normalized spacial score (nSPS) is 23.6. The molecule has 92 valence electrons. The van der Waals surface area contributed by atoms with Crippen LogP contribution in [0.25, 0.3) is 0 Å². The standard InChI is InChI=1S/C14H19BrN2/c15-13-3-1-12(2-4-13)14(5-6-14)11-17-9-7-16-8-10-17/h1-4,16H,5-11H2. The molecule has 0 amide bonds. The molecular weight excluding hydrogens is 276 g/mol. The van der Waals surface area contributed by atoms with E-state index >= 15 is 0 Å². The number of benzene rings is 1. The van der Waals surface area contributed by atoms with Crippen molar-refractivity contribution in [3.63, 3.8) is 0 Å². The highest BCUT2D eigenvalue weighted by molar-refractivity contribution is 9.10. The van der Waals surface area contributed by atoms with Crippen LogP contribution in [0.5, 0.6) is 0 Å². The SMILES string of the molecule is Brc1ccc(C2(CN3CCNCC3)CC2)cc1. The van der Waals surface area contributed by atoms with Crippen LogP contribution in [0, 0.1) is 0 Å². The van der Waals surface area contributed by atoms with Gasteiger partial charge in [-0.3, -0.25) is 4.90 Å². The Balaban J connectivity index is 1.70. The highest BCUT2D eigenvalue weighted by Gasteiger charge is 2.45. The summed E-state index contributed by atoms with van der Waals surface area (Å²) in [6.07, 6.45) is 2.72. The molecule has 3 rings (SSSR count). The van der Waals surface area contributed by atoms with Gasteiger partial charge in [-0.25, -0.2) is 0 Å². The van der Waals surface area contributed by atoms with E-state index in [0.29, 0.717) is 5.41 Å². The van der Waals surface area contributed by atoms with E-state index in [-0.39, 0.29) is 0 Å². The Morgan fingerprint density at radius 2 is 1.76 bits per heavy atom. The Hall–Kier alpha value is -0.380. The molecule has 1 aliphatic heterocycles. The predicted molar refractivity (Wildman–Crippen MR) is 74.4 cm³/mol. The second kappa shape index (κ2) is 4.71. The number of nitrogens with zero attached hydrogens (tertiary/aromatic N) is 1. The van der Waals surface area contributed by atoms with E-state index in [1.807, 2.05) is 0 Å². The summed E-state index contributed by atoms with van der Waals surface area (Å²) in [7, 11) is 0. The topological polar surface area (TPSA) is 15.3 Å². The van der Waals surface area contributed by atoms with E-state index in [2.05, 4.69) is 50.4 Å². The highest BCUT2D eigenvalue weighted by Crippen LogP contribution is 2.48. The van der Waals surface area contributed by atoms with Crippen LogP contribution in [-0.4, -0.2) is 37.6 Å². The van der Waals surface area contributed by atoms with Gasteiger partial charge in [0.1, 0.15) is 0 Å². The van der Waals surface area contributed by atoms with E-state index in [1.165, 1.54) is 42.5 Å². The van der Waals surface area contributed by atoms with E-state index in [4.69, 9.17) is 0 Å². The van der Waals surface area contributed by atoms with Gasteiger partial charge in [0.15, 0.2) is 0 Å². The number of piperazine rings is 1. The lowest BCUT2D eigenvalue weighted by Gasteiger charge is -2.31. The second-order valence-corrected chi connectivity index (χ2v) is 6.23. The van der Waals surface area contributed by atoms with Crippen LogP contribution in [0.15, 0.2) is 28.7 Å². The third kappa shape index (κ3) is 2.56. The molecule has 1 heterocycles. The van der Waals surface area contributed by atoms with Gasteiger partial charge in [-0.2, -0.15) is 0 Å². The van der Waals surface area contributed by atoms with Crippen LogP contribution < -0.4 is 5.32 Å². The smallest absolute Gasteiger partial charge is 0.0175 e. The molecule has 0 aromatic heterocycles. The van der Waals surface area contributed by atoms with Crippen molar-refractivity contribution in [2.45, 2.75) is 18.3 Å². The minimum atomic E-state index is 0.470. The first-order valence-corrected chi connectivity index (χ1v) is 7.27. The van der Waals surface area contributed by atoms with Crippen LogP contribution in [0.1, 0.15) is 18.4 Å². The molecule has 0 bridgehead atoms. The van der Waals surface area contributed by atoms with Crippen molar-refractivity contribution in [2.24, 2.45) is 0 Å². The summed E-state index contributed by atoms with van der Waals surface area (Å²) >= 11 is 3.51. The zero-order valence-corrected chi connectivity index (χ0v) is 11.7. The molecule has 1 saturated heterocycles. The quantitative estimate of drug-likeness (QED) is 0.921. The van der Waals surface area contributed by atoms with Gasteiger partial charge in [0, 0.05) is 42.6 Å². The van der Waals surface area contributed by atoms with E-state index in [0.717, 1.165) is 13.1 Å². The lowest BCUT2D eigenvalue weighted by atomic mass is 9.95. The number of rotatable bonds is 3. The maximum absolute atomic E-state index is 3.51. The van der Waals surface area contributed by atoms with Crippen LogP contribution in [0.4, 0.5) is 0 Å². The van der Waals surface area contributed by atoms with Crippen molar-refractivity contribution in [3.8, 4) is 0 Å². The van der Waals surface area contributed by atoms with Crippen molar-refractivity contribution in [1.82, 2.24) is 10.2 Å². The van der Waals surface area contributed by atoms with Gasteiger partial charge in [0.2, 0.25) is 0 Å². The Morgan fingerprint density at radius 1 is 1.12 bits per heavy atom. The van der Waals surface area contributed by atoms with Gasteiger partial charge in [-0.1, -0.05) is 28.1 Å². The zero-order chi connectivity index (χ0) is 11.7. The molecule has 0 spiro atoms. The number of halogens is 1. The maximum atomic E-state index is 3.51. The summed E-state index contributed by atoms with van der Waals surface area (Å²) in [5.74, 6) is 0. The Kier molecular flexibility index (Phi) is 3.24. The van der Waals surface area contributed by atoms with Crippen molar-refractivity contribution >= 4 is 15.9 Å².